The Hall–Kier alpha value is -3.67. The van der Waals surface area contributed by atoms with Crippen LogP contribution in [-0.4, -0.2) is 15.9 Å². The van der Waals surface area contributed by atoms with Gasteiger partial charge in [0.25, 0.3) is 0 Å². The van der Waals surface area contributed by atoms with Gasteiger partial charge in [0.1, 0.15) is 5.82 Å². The molecule has 0 bridgehead atoms. The number of hydrogen-bond donors (Lipinski definition) is 3. The number of amides is 1. The zero-order valence-electron chi connectivity index (χ0n) is 14.3. The van der Waals surface area contributed by atoms with Crippen LogP contribution < -0.4 is 16.4 Å². The maximum Gasteiger partial charge on any atom is 0.222 e. The summed E-state index contributed by atoms with van der Waals surface area (Å²) in [5, 5.41) is 5.93. The molecule has 0 radical (unpaired) electrons. The number of nitrogens with one attached hydrogen (secondary N) is 2. The number of nitrogens with two attached hydrogens (primary N) is 1. The Morgan fingerprint density at radius 2 is 1.77 bits per heavy atom. The normalized spacial score (nSPS) is 10.7. The van der Waals surface area contributed by atoms with E-state index in [4.69, 9.17) is 5.73 Å². The molecule has 0 aliphatic rings. The first kappa shape index (κ1) is 17.2. The summed E-state index contributed by atoms with van der Waals surface area (Å²) in [6.45, 7) is 1.46. The van der Waals surface area contributed by atoms with E-state index in [1.54, 1.807) is 24.5 Å². The molecule has 0 spiro atoms. The van der Waals surface area contributed by atoms with Crippen molar-refractivity contribution in [3.8, 4) is 0 Å². The van der Waals surface area contributed by atoms with Gasteiger partial charge in [-0.05, 0) is 42.0 Å². The molecule has 0 saturated heterocycles. The lowest BCUT2D eigenvalue weighted by atomic mass is 10.1. The first-order valence-electron chi connectivity index (χ1n) is 8.10. The summed E-state index contributed by atoms with van der Waals surface area (Å²) in [7, 11) is 0. The van der Waals surface area contributed by atoms with Gasteiger partial charge in [0.05, 0.1) is 5.69 Å². The largest absolute Gasteiger partial charge is 0.396 e. The summed E-state index contributed by atoms with van der Waals surface area (Å²) in [5.41, 5.74) is 9.20. The van der Waals surface area contributed by atoms with Crippen LogP contribution in [0.3, 0.4) is 0 Å². The zero-order valence-corrected chi connectivity index (χ0v) is 14.3. The van der Waals surface area contributed by atoms with Crippen molar-refractivity contribution in [3.05, 3.63) is 72.1 Å². The van der Waals surface area contributed by atoms with E-state index in [0.717, 1.165) is 16.8 Å². The maximum atomic E-state index is 11.3. The van der Waals surface area contributed by atoms with Crippen LogP contribution in [0.15, 0.2) is 60.9 Å². The Kier molecular flexibility index (Phi) is 5.24. The van der Waals surface area contributed by atoms with Crippen LogP contribution in [0.25, 0.3) is 12.2 Å². The minimum Gasteiger partial charge on any atom is -0.396 e. The topological polar surface area (TPSA) is 92.9 Å². The van der Waals surface area contributed by atoms with Gasteiger partial charge in [-0.25, -0.2) is 9.97 Å². The molecule has 0 saturated carbocycles. The van der Waals surface area contributed by atoms with Gasteiger partial charge in [-0.3, -0.25) is 4.79 Å². The fourth-order valence-corrected chi connectivity index (χ4v) is 2.39. The van der Waals surface area contributed by atoms with E-state index in [2.05, 4.69) is 20.6 Å². The second-order valence-corrected chi connectivity index (χ2v) is 5.65. The average Bonchev–Trinajstić information content (AvgIpc) is 2.63. The van der Waals surface area contributed by atoms with E-state index in [9.17, 15) is 4.79 Å². The van der Waals surface area contributed by atoms with E-state index in [1.165, 1.54) is 6.92 Å². The number of rotatable bonds is 5. The van der Waals surface area contributed by atoms with Gasteiger partial charge >= 0.3 is 0 Å². The van der Waals surface area contributed by atoms with Crippen LogP contribution in [-0.2, 0) is 4.79 Å². The molecule has 1 amide bonds. The number of nitrogens with zero attached hydrogens (tertiary/aromatic N) is 2. The second kappa shape index (κ2) is 7.94. The summed E-state index contributed by atoms with van der Waals surface area (Å²) in [5.74, 6) is 0.998. The molecule has 0 aliphatic carbocycles. The molecule has 6 heteroatoms. The molecule has 0 atom stereocenters. The lowest BCUT2D eigenvalue weighted by Gasteiger charge is -2.08. The Labute approximate surface area is 151 Å². The molecular formula is C20H19N5O. The van der Waals surface area contributed by atoms with Gasteiger partial charge < -0.3 is 16.4 Å². The standard InChI is InChI=1S/C20H19N5O/c1-14(26)24-19-16(6-3-11-22-19)10-9-15-5-2-7-17(13-15)25-20-18(21)8-4-12-23-20/h2-13H,21H2,1H3,(H,23,25)(H,22,24,26)/b10-9+. The van der Waals surface area contributed by atoms with E-state index in [1.807, 2.05) is 48.6 Å². The number of pyridine rings is 2. The number of aromatic nitrogens is 2. The maximum absolute atomic E-state index is 11.3. The molecule has 26 heavy (non-hydrogen) atoms. The minimum atomic E-state index is -0.155. The van der Waals surface area contributed by atoms with Crippen molar-refractivity contribution in [1.82, 2.24) is 9.97 Å². The molecule has 0 aliphatic heterocycles. The van der Waals surface area contributed by atoms with Crippen molar-refractivity contribution in [2.75, 3.05) is 16.4 Å². The molecule has 3 rings (SSSR count). The van der Waals surface area contributed by atoms with Crippen LogP contribution in [0.1, 0.15) is 18.1 Å². The predicted octanol–water partition coefficient (Wildman–Crippen LogP) is 3.93. The first-order valence-corrected chi connectivity index (χ1v) is 8.10. The highest BCUT2D eigenvalue weighted by Crippen LogP contribution is 2.22. The molecule has 0 unspecified atom stereocenters. The Morgan fingerprint density at radius 1 is 1.00 bits per heavy atom. The predicted molar refractivity (Wildman–Crippen MR) is 106 cm³/mol. The molecule has 0 fully saturated rings. The third-order valence-corrected chi connectivity index (χ3v) is 3.58. The molecule has 2 aromatic heterocycles. The summed E-state index contributed by atoms with van der Waals surface area (Å²) in [6.07, 6.45) is 7.20. The van der Waals surface area contributed by atoms with E-state index >= 15 is 0 Å². The number of carbonyl (C=O) groups is 1. The number of benzene rings is 1. The molecule has 6 nitrogen and oxygen atoms in total. The molecular weight excluding hydrogens is 326 g/mol. The van der Waals surface area contributed by atoms with Crippen molar-refractivity contribution >= 4 is 41.1 Å². The lowest BCUT2D eigenvalue weighted by Crippen LogP contribution is -2.08. The Bertz CT molecular complexity index is 952. The monoisotopic (exact) mass is 345 g/mol. The van der Waals surface area contributed by atoms with Gasteiger partial charge in [-0.1, -0.05) is 24.3 Å². The minimum absolute atomic E-state index is 0.155. The molecule has 2 heterocycles. The van der Waals surface area contributed by atoms with Crippen molar-refractivity contribution in [3.63, 3.8) is 0 Å². The highest BCUT2D eigenvalue weighted by Gasteiger charge is 2.03. The summed E-state index contributed by atoms with van der Waals surface area (Å²) in [4.78, 5) is 19.7. The van der Waals surface area contributed by atoms with Gasteiger partial charge in [0.15, 0.2) is 5.82 Å². The highest BCUT2D eigenvalue weighted by molar-refractivity contribution is 5.90. The van der Waals surface area contributed by atoms with Crippen LogP contribution in [0, 0.1) is 0 Å². The molecule has 4 N–H and O–H groups in total. The molecule has 1 aromatic carbocycles. The molecule has 130 valence electrons. The fraction of sp³-hybridized carbons (Fsp3) is 0.0500. The van der Waals surface area contributed by atoms with Gasteiger partial charge in [0.2, 0.25) is 5.91 Å². The van der Waals surface area contributed by atoms with Gasteiger partial charge in [-0.15, -0.1) is 0 Å². The van der Waals surface area contributed by atoms with Crippen LogP contribution in [0.5, 0.6) is 0 Å². The van der Waals surface area contributed by atoms with Crippen molar-refractivity contribution in [2.24, 2.45) is 0 Å². The van der Waals surface area contributed by atoms with E-state index in [-0.39, 0.29) is 5.91 Å². The SMILES string of the molecule is CC(=O)Nc1ncccc1/C=C/c1cccc(Nc2ncccc2N)c1. The van der Waals surface area contributed by atoms with Crippen LogP contribution >= 0.6 is 0 Å². The van der Waals surface area contributed by atoms with Crippen molar-refractivity contribution < 1.29 is 4.79 Å². The van der Waals surface area contributed by atoms with E-state index in [0.29, 0.717) is 17.3 Å². The summed E-state index contributed by atoms with van der Waals surface area (Å²) >= 11 is 0. The quantitative estimate of drug-likeness (QED) is 0.651. The van der Waals surface area contributed by atoms with Crippen LogP contribution in [0.2, 0.25) is 0 Å². The van der Waals surface area contributed by atoms with Crippen LogP contribution in [0.4, 0.5) is 23.0 Å². The van der Waals surface area contributed by atoms with E-state index < -0.39 is 0 Å². The third kappa shape index (κ3) is 4.45. The molecule has 3 aromatic rings. The van der Waals surface area contributed by atoms with Gasteiger partial charge in [0, 0.05) is 30.6 Å². The fourth-order valence-electron chi connectivity index (χ4n) is 2.39. The van der Waals surface area contributed by atoms with Crippen molar-refractivity contribution in [1.29, 1.82) is 0 Å². The average molecular weight is 345 g/mol. The Morgan fingerprint density at radius 3 is 2.54 bits per heavy atom. The second-order valence-electron chi connectivity index (χ2n) is 5.65. The highest BCUT2D eigenvalue weighted by atomic mass is 16.1. The number of anilines is 4. The third-order valence-electron chi connectivity index (χ3n) is 3.58. The van der Waals surface area contributed by atoms with Gasteiger partial charge in [-0.2, -0.15) is 0 Å². The number of nitrogen functional groups attached to an aromatic ring is 1. The number of hydrogen-bond acceptors (Lipinski definition) is 5. The zero-order chi connectivity index (χ0) is 18.4. The Balaban J connectivity index is 1.80. The summed E-state index contributed by atoms with van der Waals surface area (Å²) < 4.78 is 0. The summed E-state index contributed by atoms with van der Waals surface area (Å²) in [6, 6.07) is 15.2. The lowest BCUT2D eigenvalue weighted by molar-refractivity contribution is -0.114. The smallest absolute Gasteiger partial charge is 0.222 e. The number of carbonyl (C=O) groups excluding carboxylic acids is 1. The van der Waals surface area contributed by atoms with Crippen molar-refractivity contribution in [2.45, 2.75) is 6.92 Å². The first-order chi connectivity index (χ1) is 12.6.